The standard InChI is InChI=1S/C22H24F3N3O2/c23-22(24,25)14-28-12-9-17-19(28)4-2-5-20(17)29-15-7-10-27(11-8-15)13-18-16-3-1-6-21(16)30-26-18/h2,4-5,9,12,15H,1,3,6-8,10-11,13-14H2. The highest BCUT2D eigenvalue weighted by Gasteiger charge is 2.29. The van der Waals surface area contributed by atoms with Crippen LogP contribution >= 0.6 is 0 Å². The average Bonchev–Trinajstić information content (AvgIpc) is 3.41. The number of piperidine rings is 1. The van der Waals surface area contributed by atoms with Crippen LogP contribution in [0.2, 0.25) is 0 Å². The molecule has 0 N–H and O–H groups in total. The lowest BCUT2D eigenvalue weighted by atomic mass is 10.1. The molecule has 2 aliphatic rings. The van der Waals surface area contributed by atoms with Crippen LogP contribution in [0, 0.1) is 0 Å². The first-order valence-electron chi connectivity index (χ1n) is 10.5. The predicted octanol–water partition coefficient (Wildman–Crippen LogP) is 4.72. The lowest BCUT2D eigenvalue weighted by molar-refractivity contribution is -0.139. The molecule has 3 aromatic rings. The molecule has 160 valence electrons. The van der Waals surface area contributed by atoms with Crippen LogP contribution in [0.5, 0.6) is 5.75 Å². The number of aromatic nitrogens is 2. The smallest absolute Gasteiger partial charge is 0.406 e. The predicted molar refractivity (Wildman–Crippen MR) is 105 cm³/mol. The number of ether oxygens (including phenoxy) is 1. The number of aryl methyl sites for hydroxylation is 1. The maximum Gasteiger partial charge on any atom is 0.406 e. The summed E-state index contributed by atoms with van der Waals surface area (Å²) in [5.74, 6) is 1.70. The molecule has 2 aromatic heterocycles. The van der Waals surface area contributed by atoms with Crippen molar-refractivity contribution in [3.05, 3.63) is 47.5 Å². The second-order valence-corrected chi connectivity index (χ2v) is 8.23. The molecule has 8 heteroatoms. The Morgan fingerprint density at radius 2 is 1.97 bits per heavy atom. The average molecular weight is 419 g/mol. The van der Waals surface area contributed by atoms with Crippen LogP contribution in [-0.2, 0) is 25.9 Å². The summed E-state index contributed by atoms with van der Waals surface area (Å²) in [5.41, 5.74) is 2.91. The summed E-state index contributed by atoms with van der Waals surface area (Å²) in [4.78, 5) is 2.37. The quantitative estimate of drug-likeness (QED) is 0.600. The Balaban J connectivity index is 1.22. The summed E-state index contributed by atoms with van der Waals surface area (Å²) in [5, 5.41) is 4.97. The second-order valence-electron chi connectivity index (χ2n) is 8.23. The molecule has 1 aliphatic carbocycles. The van der Waals surface area contributed by atoms with Gasteiger partial charge in [0, 0.05) is 43.2 Å². The lowest BCUT2D eigenvalue weighted by Gasteiger charge is -2.31. The molecule has 0 radical (unpaired) electrons. The Morgan fingerprint density at radius 3 is 2.77 bits per heavy atom. The number of nitrogens with zero attached hydrogens (tertiary/aromatic N) is 3. The molecule has 5 nitrogen and oxygen atoms in total. The van der Waals surface area contributed by atoms with Gasteiger partial charge < -0.3 is 13.8 Å². The fraction of sp³-hybridized carbons (Fsp3) is 0.500. The minimum absolute atomic E-state index is 0.0563. The Labute approximate surface area is 172 Å². The number of fused-ring (bicyclic) bond motifs is 2. The summed E-state index contributed by atoms with van der Waals surface area (Å²) < 4.78 is 51.3. The van der Waals surface area contributed by atoms with Crippen LogP contribution in [0.25, 0.3) is 10.9 Å². The number of alkyl halides is 3. The first-order chi connectivity index (χ1) is 14.5. The molecule has 0 unspecified atom stereocenters. The SMILES string of the molecule is FC(F)(F)Cn1ccc2c(OC3CCN(Cc4noc5c4CCC5)CC3)cccc21. The molecule has 30 heavy (non-hydrogen) atoms. The van der Waals surface area contributed by atoms with E-state index in [4.69, 9.17) is 9.26 Å². The minimum Gasteiger partial charge on any atom is -0.490 e. The number of halogens is 3. The van der Waals surface area contributed by atoms with Gasteiger partial charge in [0.2, 0.25) is 0 Å². The van der Waals surface area contributed by atoms with Crippen LogP contribution < -0.4 is 4.74 Å². The van der Waals surface area contributed by atoms with E-state index in [2.05, 4.69) is 10.1 Å². The van der Waals surface area contributed by atoms with Crippen molar-refractivity contribution in [2.75, 3.05) is 13.1 Å². The van der Waals surface area contributed by atoms with E-state index in [1.54, 1.807) is 18.2 Å². The van der Waals surface area contributed by atoms with Crippen LogP contribution in [-0.4, -0.2) is 40.0 Å². The van der Waals surface area contributed by atoms with E-state index >= 15 is 0 Å². The van der Waals surface area contributed by atoms with Crippen LogP contribution in [0.1, 0.15) is 36.3 Å². The van der Waals surface area contributed by atoms with Crippen LogP contribution in [0.3, 0.4) is 0 Å². The Morgan fingerprint density at radius 1 is 1.13 bits per heavy atom. The van der Waals surface area contributed by atoms with Gasteiger partial charge in [-0.1, -0.05) is 11.2 Å². The maximum absolute atomic E-state index is 12.8. The number of likely N-dealkylation sites (tertiary alicyclic amines) is 1. The topological polar surface area (TPSA) is 43.4 Å². The molecular formula is C22H24F3N3O2. The van der Waals surface area contributed by atoms with Crippen molar-refractivity contribution in [2.24, 2.45) is 0 Å². The van der Waals surface area contributed by atoms with Gasteiger partial charge in [-0.05, 0) is 43.9 Å². The van der Waals surface area contributed by atoms with Gasteiger partial charge >= 0.3 is 6.18 Å². The summed E-state index contributed by atoms with van der Waals surface area (Å²) in [6.07, 6.45) is 2.24. The molecule has 0 atom stereocenters. The number of hydrogen-bond donors (Lipinski definition) is 0. The zero-order valence-corrected chi connectivity index (χ0v) is 16.6. The van der Waals surface area contributed by atoms with Gasteiger partial charge in [-0.3, -0.25) is 4.90 Å². The maximum atomic E-state index is 12.8. The van der Waals surface area contributed by atoms with Crippen molar-refractivity contribution in [3.63, 3.8) is 0 Å². The van der Waals surface area contributed by atoms with Crippen molar-refractivity contribution in [1.29, 1.82) is 0 Å². The van der Waals surface area contributed by atoms with Crippen molar-refractivity contribution in [2.45, 2.75) is 57.5 Å². The molecule has 0 spiro atoms. The summed E-state index contributed by atoms with van der Waals surface area (Å²) in [6, 6.07) is 7.00. The minimum atomic E-state index is -4.25. The van der Waals surface area contributed by atoms with E-state index in [1.165, 1.54) is 16.3 Å². The van der Waals surface area contributed by atoms with E-state index in [1.807, 2.05) is 6.07 Å². The van der Waals surface area contributed by atoms with E-state index < -0.39 is 12.7 Å². The Kier molecular flexibility index (Phi) is 4.97. The normalized spacial score (nSPS) is 18.2. The van der Waals surface area contributed by atoms with Gasteiger partial charge in [0.15, 0.2) is 0 Å². The van der Waals surface area contributed by atoms with E-state index in [0.29, 0.717) is 11.3 Å². The third-order valence-electron chi connectivity index (χ3n) is 6.11. The third-order valence-corrected chi connectivity index (χ3v) is 6.11. The van der Waals surface area contributed by atoms with Crippen LogP contribution in [0.4, 0.5) is 13.2 Å². The summed E-state index contributed by atoms with van der Waals surface area (Å²) >= 11 is 0. The Hall–Kier alpha value is -2.48. The summed E-state index contributed by atoms with van der Waals surface area (Å²) in [6.45, 7) is 1.61. The highest BCUT2D eigenvalue weighted by Crippen LogP contribution is 2.31. The molecule has 3 heterocycles. The molecule has 1 aliphatic heterocycles. The molecule has 1 aromatic carbocycles. The van der Waals surface area contributed by atoms with Crippen molar-refractivity contribution in [3.8, 4) is 5.75 Å². The van der Waals surface area contributed by atoms with Crippen molar-refractivity contribution >= 4 is 10.9 Å². The van der Waals surface area contributed by atoms with Crippen molar-refractivity contribution in [1.82, 2.24) is 14.6 Å². The van der Waals surface area contributed by atoms with Gasteiger partial charge in [-0.15, -0.1) is 0 Å². The molecule has 0 saturated carbocycles. The number of hydrogen-bond acceptors (Lipinski definition) is 4. The molecule has 5 rings (SSSR count). The van der Waals surface area contributed by atoms with Crippen molar-refractivity contribution < 1.29 is 22.4 Å². The molecule has 1 saturated heterocycles. The van der Waals surface area contributed by atoms with Gasteiger partial charge in [-0.25, -0.2) is 0 Å². The molecule has 0 bridgehead atoms. The monoisotopic (exact) mass is 419 g/mol. The first-order valence-corrected chi connectivity index (χ1v) is 10.5. The highest BCUT2D eigenvalue weighted by atomic mass is 19.4. The number of rotatable bonds is 5. The fourth-order valence-corrected chi connectivity index (χ4v) is 4.62. The number of benzene rings is 1. The molecular weight excluding hydrogens is 395 g/mol. The highest BCUT2D eigenvalue weighted by molar-refractivity contribution is 5.86. The summed E-state index contributed by atoms with van der Waals surface area (Å²) in [7, 11) is 0. The zero-order chi connectivity index (χ0) is 20.7. The fourth-order valence-electron chi connectivity index (χ4n) is 4.62. The van der Waals surface area contributed by atoms with Gasteiger partial charge in [0.05, 0.1) is 5.52 Å². The van der Waals surface area contributed by atoms with E-state index in [0.717, 1.165) is 68.6 Å². The van der Waals surface area contributed by atoms with Gasteiger partial charge in [0.25, 0.3) is 0 Å². The Bertz CT molecular complexity index is 1030. The lowest BCUT2D eigenvalue weighted by Crippen LogP contribution is -2.38. The van der Waals surface area contributed by atoms with E-state index in [9.17, 15) is 13.2 Å². The zero-order valence-electron chi connectivity index (χ0n) is 16.6. The molecule has 1 fully saturated rings. The second kappa shape index (κ2) is 7.65. The first kappa shape index (κ1) is 19.5. The van der Waals surface area contributed by atoms with Crippen LogP contribution in [0.15, 0.2) is 35.0 Å². The van der Waals surface area contributed by atoms with Gasteiger partial charge in [0.1, 0.15) is 29.9 Å². The molecule has 0 amide bonds. The van der Waals surface area contributed by atoms with E-state index in [-0.39, 0.29) is 6.10 Å². The van der Waals surface area contributed by atoms with Gasteiger partial charge in [-0.2, -0.15) is 13.2 Å². The third kappa shape index (κ3) is 3.93. The largest absolute Gasteiger partial charge is 0.490 e.